The van der Waals surface area contributed by atoms with Gasteiger partial charge in [-0.15, -0.1) is 11.3 Å². The molecule has 0 amide bonds. The highest BCUT2D eigenvalue weighted by atomic mass is 32.1. The number of hydrogen-bond acceptors (Lipinski definition) is 4. The minimum absolute atomic E-state index is 0.566. The molecule has 214 valence electrons. The van der Waals surface area contributed by atoms with E-state index in [1.165, 1.54) is 42.4 Å². The van der Waals surface area contributed by atoms with Gasteiger partial charge in [0.05, 0.1) is 16.4 Å². The number of furan rings is 1. The summed E-state index contributed by atoms with van der Waals surface area (Å²) in [7, 11) is 0. The van der Waals surface area contributed by atoms with Crippen LogP contribution in [0.15, 0.2) is 150 Å². The summed E-state index contributed by atoms with van der Waals surface area (Å²) in [5.41, 5.74) is 11.0. The van der Waals surface area contributed by atoms with Crippen LogP contribution in [0.4, 0.5) is 0 Å². The van der Waals surface area contributed by atoms with Crippen molar-refractivity contribution in [3.05, 3.63) is 146 Å². The Bertz CT molecular complexity index is 2810. The molecule has 4 heteroatoms. The Morgan fingerprint density at radius 3 is 2.11 bits per heavy atom. The van der Waals surface area contributed by atoms with Crippen LogP contribution in [-0.4, -0.2) is 9.97 Å². The molecule has 0 saturated carbocycles. The van der Waals surface area contributed by atoms with Crippen LogP contribution in [0.3, 0.4) is 0 Å². The Balaban J connectivity index is 1.01. The van der Waals surface area contributed by atoms with E-state index in [1.807, 2.05) is 17.4 Å². The zero-order valence-corrected chi connectivity index (χ0v) is 25.4. The summed E-state index contributed by atoms with van der Waals surface area (Å²) in [6, 6.07) is 51.7. The molecule has 10 aromatic rings. The Hall–Kier alpha value is -5.84. The molecule has 0 fully saturated rings. The molecule has 0 saturated heterocycles. The van der Waals surface area contributed by atoms with Crippen molar-refractivity contribution in [2.75, 3.05) is 0 Å². The zero-order valence-electron chi connectivity index (χ0n) is 24.6. The average Bonchev–Trinajstić information content (AvgIpc) is 3.69. The van der Waals surface area contributed by atoms with Gasteiger partial charge in [0.15, 0.2) is 0 Å². The standard InChI is InChI=1S/C42H24N2OS/c1-2-10-31-26(7-1)20-22-37-39(31)40-42(45-37)44-36-24-30(19-21-35(36)43-40)29-9-5-8-28(23-29)25-15-17-27(18-16-25)32-12-6-13-34-33-11-3-4-14-38(33)46-41(32)34/h1-24H. The van der Waals surface area contributed by atoms with E-state index < -0.39 is 0 Å². The molecule has 0 unspecified atom stereocenters. The number of aromatic nitrogens is 2. The van der Waals surface area contributed by atoms with Crippen molar-refractivity contribution in [2.24, 2.45) is 0 Å². The molecule has 46 heavy (non-hydrogen) atoms. The molecule has 7 aromatic carbocycles. The fourth-order valence-electron chi connectivity index (χ4n) is 6.83. The van der Waals surface area contributed by atoms with Crippen molar-refractivity contribution >= 4 is 75.5 Å². The first-order valence-corrected chi connectivity index (χ1v) is 16.2. The molecule has 0 atom stereocenters. The summed E-state index contributed by atoms with van der Waals surface area (Å²) in [6.45, 7) is 0. The summed E-state index contributed by atoms with van der Waals surface area (Å²) in [4.78, 5) is 9.96. The summed E-state index contributed by atoms with van der Waals surface area (Å²) in [6.07, 6.45) is 0. The van der Waals surface area contributed by atoms with Crippen LogP contribution in [0.5, 0.6) is 0 Å². The maximum absolute atomic E-state index is 6.20. The molecule has 0 bridgehead atoms. The van der Waals surface area contributed by atoms with Gasteiger partial charge in [-0.25, -0.2) is 9.97 Å². The van der Waals surface area contributed by atoms with Crippen molar-refractivity contribution in [3.63, 3.8) is 0 Å². The number of hydrogen-bond donors (Lipinski definition) is 0. The number of rotatable bonds is 3. The molecular weight excluding hydrogens is 581 g/mol. The van der Waals surface area contributed by atoms with Gasteiger partial charge in [0.25, 0.3) is 0 Å². The number of fused-ring (bicyclic) bond motifs is 9. The lowest BCUT2D eigenvalue weighted by molar-refractivity contribution is 0.655. The third kappa shape index (κ3) is 3.91. The van der Waals surface area contributed by atoms with E-state index in [2.05, 4.69) is 140 Å². The van der Waals surface area contributed by atoms with Crippen LogP contribution in [0.25, 0.3) is 97.6 Å². The van der Waals surface area contributed by atoms with E-state index in [1.54, 1.807) is 0 Å². The lowest BCUT2D eigenvalue weighted by Gasteiger charge is -2.09. The molecular formula is C42H24N2OS. The third-order valence-electron chi connectivity index (χ3n) is 9.10. The molecule has 3 heterocycles. The Labute approximate surface area is 268 Å². The highest BCUT2D eigenvalue weighted by Gasteiger charge is 2.15. The van der Waals surface area contributed by atoms with Gasteiger partial charge in [0, 0.05) is 20.2 Å². The third-order valence-corrected chi connectivity index (χ3v) is 10.3. The number of nitrogens with zero attached hydrogens (tertiary/aromatic N) is 2. The highest BCUT2D eigenvalue weighted by molar-refractivity contribution is 7.26. The van der Waals surface area contributed by atoms with Gasteiger partial charge < -0.3 is 4.42 Å². The van der Waals surface area contributed by atoms with Gasteiger partial charge in [-0.1, -0.05) is 115 Å². The molecule has 0 radical (unpaired) electrons. The Kier molecular flexibility index (Phi) is 5.45. The number of thiophene rings is 1. The van der Waals surface area contributed by atoms with Crippen molar-refractivity contribution in [2.45, 2.75) is 0 Å². The largest absolute Gasteiger partial charge is 0.436 e. The maximum atomic E-state index is 6.20. The lowest BCUT2D eigenvalue weighted by atomic mass is 9.96. The molecule has 0 spiro atoms. The lowest BCUT2D eigenvalue weighted by Crippen LogP contribution is -1.87. The highest BCUT2D eigenvalue weighted by Crippen LogP contribution is 2.40. The second-order valence-corrected chi connectivity index (χ2v) is 12.8. The van der Waals surface area contributed by atoms with Gasteiger partial charge >= 0.3 is 0 Å². The Morgan fingerprint density at radius 2 is 1.20 bits per heavy atom. The quantitative estimate of drug-likeness (QED) is 0.201. The molecule has 0 aliphatic carbocycles. The molecule has 10 rings (SSSR count). The van der Waals surface area contributed by atoms with E-state index in [4.69, 9.17) is 14.4 Å². The average molecular weight is 605 g/mol. The fourth-order valence-corrected chi connectivity index (χ4v) is 8.07. The van der Waals surface area contributed by atoms with E-state index >= 15 is 0 Å². The summed E-state index contributed by atoms with van der Waals surface area (Å²) >= 11 is 1.87. The predicted molar refractivity (Wildman–Crippen MR) is 194 cm³/mol. The van der Waals surface area contributed by atoms with Crippen LogP contribution in [0.1, 0.15) is 0 Å². The van der Waals surface area contributed by atoms with E-state index in [0.29, 0.717) is 5.71 Å². The van der Waals surface area contributed by atoms with Crippen LogP contribution in [0, 0.1) is 0 Å². The van der Waals surface area contributed by atoms with Crippen molar-refractivity contribution in [1.82, 2.24) is 9.97 Å². The normalized spacial score (nSPS) is 11.9. The first-order valence-electron chi connectivity index (χ1n) is 15.4. The molecule has 0 aliphatic heterocycles. The van der Waals surface area contributed by atoms with Crippen LogP contribution in [-0.2, 0) is 0 Å². The second-order valence-electron chi connectivity index (χ2n) is 11.8. The van der Waals surface area contributed by atoms with Gasteiger partial charge in [-0.05, 0) is 74.5 Å². The van der Waals surface area contributed by atoms with Gasteiger partial charge in [-0.2, -0.15) is 0 Å². The molecule has 3 nitrogen and oxygen atoms in total. The van der Waals surface area contributed by atoms with E-state index in [0.717, 1.165) is 49.4 Å². The minimum atomic E-state index is 0.566. The van der Waals surface area contributed by atoms with Crippen LogP contribution >= 0.6 is 11.3 Å². The van der Waals surface area contributed by atoms with Crippen molar-refractivity contribution < 1.29 is 4.42 Å². The molecule has 0 aliphatic rings. The first-order chi connectivity index (χ1) is 22.8. The van der Waals surface area contributed by atoms with Gasteiger partial charge in [-0.3, -0.25) is 0 Å². The summed E-state index contributed by atoms with van der Waals surface area (Å²) in [5.74, 6) is 0. The molecule has 3 aromatic heterocycles. The van der Waals surface area contributed by atoms with E-state index in [9.17, 15) is 0 Å². The predicted octanol–water partition coefficient (Wildman–Crippen LogP) is 12.1. The zero-order chi connectivity index (χ0) is 30.2. The van der Waals surface area contributed by atoms with Crippen molar-refractivity contribution in [3.8, 4) is 33.4 Å². The topological polar surface area (TPSA) is 38.9 Å². The maximum Gasteiger partial charge on any atom is 0.246 e. The van der Waals surface area contributed by atoms with Crippen LogP contribution in [0.2, 0.25) is 0 Å². The number of benzene rings is 7. The second kappa shape index (κ2) is 9.83. The van der Waals surface area contributed by atoms with Crippen LogP contribution < -0.4 is 0 Å². The summed E-state index contributed by atoms with van der Waals surface area (Å²) < 4.78 is 8.87. The van der Waals surface area contributed by atoms with Crippen molar-refractivity contribution in [1.29, 1.82) is 0 Å². The van der Waals surface area contributed by atoms with Gasteiger partial charge in [0.2, 0.25) is 5.71 Å². The summed E-state index contributed by atoms with van der Waals surface area (Å²) in [5, 5.41) is 5.97. The molecule has 0 N–H and O–H groups in total. The van der Waals surface area contributed by atoms with E-state index in [-0.39, 0.29) is 0 Å². The van der Waals surface area contributed by atoms with Gasteiger partial charge in [0.1, 0.15) is 11.1 Å². The fraction of sp³-hybridized carbons (Fsp3) is 0. The Morgan fingerprint density at radius 1 is 0.478 bits per heavy atom. The first kappa shape index (κ1) is 25.5. The monoisotopic (exact) mass is 604 g/mol. The SMILES string of the molecule is c1cc(-c2ccc(-c3cccc4c3sc3ccccc34)cc2)cc(-c2ccc3nc4c(nc3c2)oc2ccc3ccccc3c24)c1. The minimum Gasteiger partial charge on any atom is -0.436 e. The smallest absolute Gasteiger partial charge is 0.246 e.